The molecule has 0 aliphatic heterocycles. The zero-order chi connectivity index (χ0) is 11.7. The van der Waals surface area contributed by atoms with Crippen molar-refractivity contribution in [3.63, 3.8) is 0 Å². The van der Waals surface area contributed by atoms with Crippen molar-refractivity contribution in [3.05, 3.63) is 35.5 Å². The van der Waals surface area contributed by atoms with Gasteiger partial charge in [-0.15, -0.1) is 0 Å². The van der Waals surface area contributed by atoms with E-state index in [4.69, 9.17) is 11.5 Å². The summed E-state index contributed by atoms with van der Waals surface area (Å²) in [5, 5.41) is 1.24. The summed E-state index contributed by atoms with van der Waals surface area (Å²) in [6, 6.07) is 6.71. The molecule has 4 N–H and O–H groups in total. The average Bonchev–Trinajstić information content (AvgIpc) is 2.67. The van der Waals surface area contributed by atoms with E-state index in [2.05, 4.69) is 42.8 Å². The highest BCUT2D eigenvalue weighted by Gasteiger charge is 2.11. The maximum Gasteiger partial charge on any atom is 0.0489 e. The SMILES string of the molecule is CC(C)n1cc(CN)c2c(CN)cccc21. The van der Waals surface area contributed by atoms with Gasteiger partial charge in [0.25, 0.3) is 0 Å². The predicted molar refractivity (Wildman–Crippen MR) is 68.1 cm³/mol. The molecule has 3 heteroatoms. The molecule has 0 saturated heterocycles. The van der Waals surface area contributed by atoms with Gasteiger partial charge < -0.3 is 16.0 Å². The summed E-state index contributed by atoms with van der Waals surface area (Å²) in [5.74, 6) is 0. The van der Waals surface area contributed by atoms with Crippen LogP contribution in [0.3, 0.4) is 0 Å². The van der Waals surface area contributed by atoms with Crippen molar-refractivity contribution < 1.29 is 0 Å². The Morgan fingerprint density at radius 1 is 1.12 bits per heavy atom. The Hall–Kier alpha value is -1.32. The van der Waals surface area contributed by atoms with Gasteiger partial charge in [0, 0.05) is 36.2 Å². The minimum atomic E-state index is 0.441. The van der Waals surface area contributed by atoms with Gasteiger partial charge in [-0.05, 0) is 31.0 Å². The van der Waals surface area contributed by atoms with E-state index in [9.17, 15) is 0 Å². The highest BCUT2D eigenvalue weighted by atomic mass is 15.0. The van der Waals surface area contributed by atoms with Crippen molar-refractivity contribution in [1.29, 1.82) is 0 Å². The van der Waals surface area contributed by atoms with Crippen molar-refractivity contribution in [2.45, 2.75) is 33.0 Å². The van der Waals surface area contributed by atoms with E-state index in [0.717, 1.165) is 0 Å². The lowest BCUT2D eigenvalue weighted by Crippen LogP contribution is -2.00. The second kappa shape index (κ2) is 4.28. The zero-order valence-electron chi connectivity index (χ0n) is 9.90. The number of nitrogens with zero attached hydrogens (tertiary/aromatic N) is 1. The van der Waals surface area contributed by atoms with Crippen molar-refractivity contribution in [2.24, 2.45) is 11.5 Å². The summed E-state index contributed by atoms with van der Waals surface area (Å²) >= 11 is 0. The molecule has 0 saturated carbocycles. The Bertz CT molecular complexity index is 497. The molecule has 0 aliphatic rings. The number of benzene rings is 1. The topological polar surface area (TPSA) is 57.0 Å². The first-order valence-electron chi connectivity index (χ1n) is 5.70. The standard InChI is InChI=1S/C13H19N3/c1-9(2)16-8-11(7-15)13-10(6-14)4-3-5-12(13)16/h3-5,8-9H,6-7,14-15H2,1-2H3. The first kappa shape index (κ1) is 11.2. The van der Waals surface area contributed by atoms with E-state index >= 15 is 0 Å². The van der Waals surface area contributed by atoms with Crippen molar-refractivity contribution in [3.8, 4) is 0 Å². The number of hydrogen-bond donors (Lipinski definition) is 2. The summed E-state index contributed by atoms with van der Waals surface area (Å²) in [4.78, 5) is 0. The summed E-state index contributed by atoms with van der Waals surface area (Å²) in [5.41, 5.74) is 15.2. The molecule has 0 unspecified atom stereocenters. The molecule has 2 rings (SSSR count). The number of fused-ring (bicyclic) bond motifs is 1. The van der Waals surface area contributed by atoms with Crippen LogP contribution in [-0.4, -0.2) is 4.57 Å². The van der Waals surface area contributed by atoms with E-state index in [1.807, 2.05) is 0 Å². The van der Waals surface area contributed by atoms with E-state index in [0.29, 0.717) is 19.1 Å². The van der Waals surface area contributed by atoms with Crippen LogP contribution in [0.15, 0.2) is 24.4 Å². The van der Waals surface area contributed by atoms with Gasteiger partial charge in [0.2, 0.25) is 0 Å². The Morgan fingerprint density at radius 2 is 1.81 bits per heavy atom. The highest BCUT2D eigenvalue weighted by molar-refractivity contribution is 5.87. The largest absolute Gasteiger partial charge is 0.345 e. The average molecular weight is 217 g/mol. The van der Waals surface area contributed by atoms with E-state index in [1.54, 1.807) is 0 Å². The molecular formula is C13H19N3. The second-order valence-electron chi connectivity index (χ2n) is 4.37. The molecular weight excluding hydrogens is 198 g/mol. The molecule has 1 aromatic carbocycles. The Labute approximate surface area is 96.0 Å². The van der Waals surface area contributed by atoms with Gasteiger partial charge in [-0.3, -0.25) is 0 Å². The van der Waals surface area contributed by atoms with Crippen LogP contribution in [0.1, 0.15) is 31.0 Å². The lowest BCUT2D eigenvalue weighted by atomic mass is 10.1. The fourth-order valence-corrected chi connectivity index (χ4v) is 2.23. The van der Waals surface area contributed by atoms with E-state index in [-0.39, 0.29) is 0 Å². The van der Waals surface area contributed by atoms with Crippen molar-refractivity contribution in [1.82, 2.24) is 4.57 Å². The Balaban J connectivity index is 2.79. The van der Waals surface area contributed by atoms with Gasteiger partial charge in [0.15, 0.2) is 0 Å². The van der Waals surface area contributed by atoms with Gasteiger partial charge in [-0.25, -0.2) is 0 Å². The van der Waals surface area contributed by atoms with Crippen LogP contribution in [0.25, 0.3) is 10.9 Å². The molecule has 0 bridgehead atoms. The quantitative estimate of drug-likeness (QED) is 0.827. The van der Waals surface area contributed by atoms with Crippen LogP contribution in [0.4, 0.5) is 0 Å². The van der Waals surface area contributed by atoms with Crippen LogP contribution >= 0.6 is 0 Å². The number of rotatable bonds is 3. The fraction of sp³-hybridized carbons (Fsp3) is 0.385. The molecule has 86 valence electrons. The minimum Gasteiger partial charge on any atom is -0.345 e. The fourth-order valence-electron chi connectivity index (χ4n) is 2.23. The van der Waals surface area contributed by atoms with Gasteiger partial charge >= 0.3 is 0 Å². The van der Waals surface area contributed by atoms with Crippen molar-refractivity contribution >= 4 is 10.9 Å². The molecule has 0 amide bonds. The molecule has 1 heterocycles. The Morgan fingerprint density at radius 3 is 2.38 bits per heavy atom. The third-order valence-electron chi connectivity index (χ3n) is 3.02. The third kappa shape index (κ3) is 1.62. The van der Waals surface area contributed by atoms with Gasteiger partial charge in [-0.1, -0.05) is 12.1 Å². The minimum absolute atomic E-state index is 0.441. The highest BCUT2D eigenvalue weighted by Crippen LogP contribution is 2.27. The molecule has 0 aliphatic carbocycles. The molecule has 1 aromatic heterocycles. The number of aromatic nitrogens is 1. The first-order valence-corrected chi connectivity index (χ1v) is 5.70. The van der Waals surface area contributed by atoms with Crippen LogP contribution in [0.5, 0.6) is 0 Å². The predicted octanol–water partition coefficient (Wildman–Crippen LogP) is 2.14. The van der Waals surface area contributed by atoms with Crippen LogP contribution in [0, 0.1) is 0 Å². The summed E-state index contributed by atoms with van der Waals surface area (Å²) < 4.78 is 2.26. The molecule has 3 nitrogen and oxygen atoms in total. The van der Waals surface area contributed by atoms with Gasteiger partial charge in [0.1, 0.15) is 0 Å². The van der Waals surface area contributed by atoms with E-state index in [1.165, 1.54) is 22.0 Å². The molecule has 0 fully saturated rings. The first-order chi connectivity index (χ1) is 7.69. The van der Waals surface area contributed by atoms with Gasteiger partial charge in [-0.2, -0.15) is 0 Å². The molecule has 16 heavy (non-hydrogen) atoms. The lowest BCUT2D eigenvalue weighted by molar-refractivity contribution is 0.621. The van der Waals surface area contributed by atoms with Crippen molar-refractivity contribution in [2.75, 3.05) is 0 Å². The second-order valence-corrected chi connectivity index (χ2v) is 4.37. The maximum absolute atomic E-state index is 5.80. The Kier molecular flexibility index (Phi) is 2.99. The normalized spacial score (nSPS) is 11.6. The molecule has 2 aromatic rings. The van der Waals surface area contributed by atoms with E-state index < -0.39 is 0 Å². The number of nitrogens with two attached hydrogens (primary N) is 2. The molecule has 0 spiro atoms. The summed E-state index contributed by atoms with van der Waals surface area (Å²) in [7, 11) is 0. The monoisotopic (exact) mass is 217 g/mol. The zero-order valence-corrected chi connectivity index (χ0v) is 9.90. The number of hydrogen-bond acceptors (Lipinski definition) is 2. The van der Waals surface area contributed by atoms with Crippen LogP contribution in [-0.2, 0) is 13.1 Å². The third-order valence-corrected chi connectivity index (χ3v) is 3.02. The van der Waals surface area contributed by atoms with Crippen LogP contribution < -0.4 is 11.5 Å². The van der Waals surface area contributed by atoms with Crippen LogP contribution in [0.2, 0.25) is 0 Å². The summed E-state index contributed by atoms with van der Waals surface area (Å²) in [6.45, 7) is 5.48. The van der Waals surface area contributed by atoms with Gasteiger partial charge in [0.05, 0.1) is 0 Å². The molecule has 0 atom stereocenters. The molecule has 0 radical (unpaired) electrons. The lowest BCUT2D eigenvalue weighted by Gasteiger charge is -2.09. The smallest absolute Gasteiger partial charge is 0.0489 e. The maximum atomic E-state index is 5.80. The summed E-state index contributed by atoms with van der Waals surface area (Å²) in [6.07, 6.45) is 2.15.